The number of likely N-dealkylation sites (N-methyl/N-ethyl adjacent to an activating group) is 1. The highest BCUT2D eigenvalue weighted by molar-refractivity contribution is 6.00. The number of carbonyl (C=O) groups excluding carboxylic acids is 2. The molecule has 0 saturated heterocycles. The highest BCUT2D eigenvalue weighted by atomic mass is 16.2. The summed E-state index contributed by atoms with van der Waals surface area (Å²) in [6, 6.07) is 36.8. The second-order valence-corrected chi connectivity index (χ2v) is 8.56. The second kappa shape index (κ2) is 11.6. The number of nitrogens with one attached hydrogen (secondary N) is 1. The van der Waals surface area contributed by atoms with Crippen LogP contribution in [0.15, 0.2) is 115 Å². The Balaban J connectivity index is 1.67. The summed E-state index contributed by atoms with van der Waals surface area (Å²) in [4.78, 5) is 29.0. The fourth-order valence-electron chi connectivity index (χ4n) is 4.26. The van der Waals surface area contributed by atoms with Crippen LogP contribution < -0.4 is 10.2 Å². The first-order valence-corrected chi connectivity index (χ1v) is 11.8. The average Bonchev–Trinajstić information content (AvgIpc) is 2.94. The van der Waals surface area contributed by atoms with Crippen molar-refractivity contribution in [2.24, 2.45) is 0 Å². The van der Waals surface area contributed by atoms with Crippen LogP contribution in [-0.4, -0.2) is 24.9 Å². The molecule has 36 heavy (non-hydrogen) atoms. The van der Waals surface area contributed by atoms with Crippen LogP contribution in [0.2, 0.25) is 0 Å². The normalized spacial score (nSPS) is 11.4. The van der Waals surface area contributed by atoms with Crippen LogP contribution >= 0.6 is 0 Å². The zero-order valence-corrected chi connectivity index (χ0v) is 20.0. The van der Waals surface area contributed by atoms with Gasteiger partial charge in [-0.3, -0.25) is 9.59 Å². The summed E-state index contributed by atoms with van der Waals surface area (Å²) in [5.41, 5.74) is 3.72. The number of nitriles is 1. The molecule has 4 rings (SSSR count). The molecule has 0 radical (unpaired) electrons. The molecule has 178 valence electrons. The van der Waals surface area contributed by atoms with E-state index in [9.17, 15) is 14.9 Å². The van der Waals surface area contributed by atoms with Crippen LogP contribution in [0.1, 0.15) is 28.2 Å². The van der Waals surface area contributed by atoms with E-state index in [1.54, 1.807) is 30.1 Å². The zero-order chi connectivity index (χ0) is 25.3. The standard InChI is InChI=1S/C31H27N3O2/c1-34(27-18-9-4-10-19-27)31(36)28(21-23-12-11-13-24(20-23)22-32)33-30(35)29(25-14-5-2-6-15-25)26-16-7-3-8-17-26/h2-20,28-29H,21H2,1H3,(H,33,35)/t28-/m0/s1. The molecule has 5 heteroatoms. The van der Waals surface area contributed by atoms with Gasteiger partial charge in [-0.05, 0) is 41.0 Å². The zero-order valence-electron chi connectivity index (χ0n) is 20.0. The first kappa shape index (κ1) is 24.4. The Labute approximate surface area is 211 Å². The summed E-state index contributed by atoms with van der Waals surface area (Å²) in [7, 11) is 1.70. The van der Waals surface area contributed by atoms with Crippen molar-refractivity contribution in [1.29, 1.82) is 5.26 Å². The number of rotatable bonds is 8. The Kier molecular flexibility index (Phi) is 7.90. The van der Waals surface area contributed by atoms with Crippen molar-refractivity contribution in [2.45, 2.75) is 18.4 Å². The molecule has 0 bridgehead atoms. The van der Waals surface area contributed by atoms with Crippen molar-refractivity contribution < 1.29 is 9.59 Å². The summed E-state index contributed by atoms with van der Waals surface area (Å²) in [5, 5.41) is 12.4. The maximum Gasteiger partial charge on any atom is 0.249 e. The van der Waals surface area contributed by atoms with E-state index in [0.717, 1.165) is 22.4 Å². The smallest absolute Gasteiger partial charge is 0.249 e. The molecule has 0 heterocycles. The van der Waals surface area contributed by atoms with Crippen LogP contribution in [0.4, 0.5) is 5.69 Å². The van der Waals surface area contributed by atoms with E-state index < -0.39 is 12.0 Å². The number of amides is 2. The summed E-state index contributed by atoms with van der Waals surface area (Å²) in [5.74, 6) is -1.07. The Hall–Kier alpha value is -4.69. The minimum Gasteiger partial charge on any atom is -0.343 e. The van der Waals surface area contributed by atoms with Crippen LogP contribution in [0, 0.1) is 11.3 Å². The van der Waals surface area contributed by atoms with E-state index in [0.29, 0.717) is 5.56 Å². The molecule has 0 fully saturated rings. The molecule has 0 unspecified atom stereocenters. The quantitative estimate of drug-likeness (QED) is 0.388. The molecule has 0 aliphatic rings. The lowest BCUT2D eigenvalue weighted by atomic mass is 9.90. The predicted molar refractivity (Wildman–Crippen MR) is 141 cm³/mol. The molecule has 5 nitrogen and oxygen atoms in total. The first-order chi connectivity index (χ1) is 17.6. The topological polar surface area (TPSA) is 73.2 Å². The number of anilines is 1. The summed E-state index contributed by atoms with van der Waals surface area (Å²) in [6.07, 6.45) is 0.258. The van der Waals surface area contributed by atoms with Gasteiger partial charge >= 0.3 is 0 Å². The van der Waals surface area contributed by atoms with E-state index in [2.05, 4.69) is 11.4 Å². The third-order valence-electron chi connectivity index (χ3n) is 6.11. The van der Waals surface area contributed by atoms with Gasteiger partial charge in [-0.15, -0.1) is 0 Å². The van der Waals surface area contributed by atoms with Gasteiger partial charge in [0.15, 0.2) is 0 Å². The second-order valence-electron chi connectivity index (χ2n) is 8.56. The lowest BCUT2D eigenvalue weighted by molar-refractivity contribution is -0.127. The molecule has 1 atom stereocenters. The highest BCUT2D eigenvalue weighted by Gasteiger charge is 2.30. The van der Waals surface area contributed by atoms with Crippen molar-refractivity contribution in [3.05, 3.63) is 138 Å². The number of benzene rings is 4. The molecular formula is C31H27N3O2. The molecular weight excluding hydrogens is 446 g/mol. The monoisotopic (exact) mass is 473 g/mol. The van der Waals surface area contributed by atoms with Gasteiger partial charge in [-0.25, -0.2) is 0 Å². The van der Waals surface area contributed by atoms with Crippen molar-refractivity contribution in [3.63, 3.8) is 0 Å². The van der Waals surface area contributed by atoms with E-state index >= 15 is 0 Å². The molecule has 0 saturated carbocycles. The van der Waals surface area contributed by atoms with E-state index in [-0.39, 0.29) is 18.2 Å². The number of hydrogen-bond donors (Lipinski definition) is 1. The van der Waals surface area contributed by atoms with Gasteiger partial charge in [0.1, 0.15) is 6.04 Å². The molecule has 0 aliphatic carbocycles. The SMILES string of the molecule is CN(C(=O)[C@H](Cc1cccc(C#N)c1)NC(=O)C(c1ccccc1)c1ccccc1)c1ccccc1. The molecule has 4 aromatic carbocycles. The lowest BCUT2D eigenvalue weighted by Gasteiger charge is -2.27. The Morgan fingerprint density at radius 2 is 1.36 bits per heavy atom. The largest absolute Gasteiger partial charge is 0.343 e. The van der Waals surface area contributed by atoms with Crippen LogP contribution in [0.3, 0.4) is 0 Å². The van der Waals surface area contributed by atoms with Gasteiger partial charge in [0, 0.05) is 19.2 Å². The third kappa shape index (κ3) is 5.86. The van der Waals surface area contributed by atoms with Crippen molar-refractivity contribution in [3.8, 4) is 6.07 Å². The molecule has 1 N–H and O–H groups in total. The minimum atomic E-state index is -0.827. The minimum absolute atomic E-state index is 0.239. The fraction of sp³-hybridized carbons (Fsp3) is 0.129. The fourth-order valence-corrected chi connectivity index (χ4v) is 4.26. The van der Waals surface area contributed by atoms with Crippen LogP contribution in [0.5, 0.6) is 0 Å². The highest BCUT2D eigenvalue weighted by Crippen LogP contribution is 2.25. The van der Waals surface area contributed by atoms with Gasteiger partial charge < -0.3 is 10.2 Å². The lowest BCUT2D eigenvalue weighted by Crippen LogP contribution is -2.50. The predicted octanol–water partition coefficient (Wildman–Crippen LogP) is 5.08. The van der Waals surface area contributed by atoms with Gasteiger partial charge in [0.05, 0.1) is 17.6 Å². The summed E-state index contributed by atoms with van der Waals surface area (Å²) < 4.78 is 0. The molecule has 0 spiro atoms. The van der Waals surface area contributed by atoms with Gasteiger partial charge in [0.2, 0.25) is 11.8 Å². The number of carbonyl (C=O) groups is 2. The molecule has 0 aromatic heterocycles. The molecule has 2 amide bonds. The third-order valence-corrected chi connectivity index (χ3v) is 6.11. The average molecular weight is 474 g/mol. The number of hydrogen-bond acceptors (Lipinski definition) is 3. The van der Waals surface area contributed by atoms with Gasteiger partial charge in [-0.1, -0.05) is 91.0 Å². The van der Waals surface area contributed by atoms with E-state index in [1.165, 1.54) is 0 Å². The molecule has 4 aromatic rings. The Morgan fingerprint density at radius 1 is 0.806 bits per heavy atom. The maximum absolute atomic E-state index is 13.8. The summed E-state index contributed by atoms with van der Waals surface area (Å²) in [6.45, 7) is 0. The summed E-state index contributed by atoms with van der Waals surface area (Å²) >= 11 is 0. The van der Waals surface area contributed by atoms with Crippen LogP contribution in [-0.2, 0) is 16.0 Å². The van der Waals surface area contributed by atoms with Crippen molar-refractivity contribution in [1.82, 2.24) is 5.32 Å². The number of para-hydroxylation sites is 1. The Bertz CT molecular complexity index is 1310. The Morgan fingerprint density at radius 3 is 1.92 bits per heavy atom. The van der Waals surface area contributed by atoms with E-state index in [1.807, 2.05) is 97.1 Å². The van der Waals surface area contributed by atoms with Gasteiger partial charge in [-0.2, -0.15) is 5.26 Å². The molecule has 0 aliphatic heterocycles. The number of nitrogens with zero attached hydrogens (tertiary/aromatic N) is 2. The first-order valence-electron chi connectivity index (χ1n) is 11.8. The van der Waals surface area contributed by atoms with Crippen LogP contribution in [0.25, 0.3) is 0 Å². The van der Waals surface area contributed by atoms with E-state index in [4.69, 9.17) is 0 Å². The van der Waals surface area contributed by atoms with Gasteiger partial charge in [0.25, 0.3) is 0 Å². The van der Waals surface area contributed by atoms with Crippen molar-refractivity contribution >= 4 is 17.5 Å². The maximum atomic E-state index is 13.8. The van der Waals surface area contributed by atoms with Crippen molar-refractivity contribution in [2.75, 3.05) is 11.9 Å².